The van der Waals surface area contributed by atoms with Gasteiger partial charge in [0.15, 0.2) is 0 Å². The third kappa shape index (κ3) is 6.69. The van der Waals surface area contributed by atoms with Gasteiger partial charge in [-0.3, -0.25) is 20.2 Å². The molecule has 11 heteroatoms. The molecule has 2 aromatic carbocycles. The largest absolute Gasteiger partial charge is 0.381 e. The lowest BCUT2D eigenvalue weighted by Gasteiger charge is -2.08. The van der Waals surface area contributed by atoms with Crippen molar-refractivity contribution in [2.45, 2.75) is 25.7 Å². The van der Waals surface area contributed by atoms with Crippen LogP contribution in [0, 0.1) is 20.2 Å². The van der Waals surface area contributed by atoms with Crippen LogP contribution in [0.4, 0.5) is 11.4 Å². The van der Waals surface area contributed by atoms with Gasteiger partial charge in [-0.05, 0) is 48.9 Å². The highest BCUT2D eigenvalue weighted by molar-refractivity contribution is 6.37. The van der Waals surface area contributed by atoms with E-state index in [4.69, 9.17) is 51.1 Å². The van der Waals surface area contributed by atoms with Crippen LogP contribution < -0.4 is 0 Å². The molecule has 0 saturated heterocycles. The summed E-state index contributed by atoms with van der Waals surface area (Å²) in [6.45, 7) is 0.864. The predicted molar refractivity (Wildman–Crippen MR) is 114 cm³/mol. The molecule has 2 aromatic rings. The lowest BCUT2D eigenvalue weighted by molar-refractivity contribution is -0.384. The highest BCUT2D eigenvalue weighted by Gasteiger charge is 2.17. The summed E-state index contributed by atoms with van der Waals surface area (Å²) in [5, 5.41) is 22.7. The second kappa shape index (κ2) is 10.9. The number of nitro groups is 2. The molecule has 0 aliphatic carbocycles. The lowest BCUT2D eigenvalue weighted by Crippen LogP contribution is -2.02. The van der Waals surface area contributed by atoms with Crippen molar-refractivity contribution in [2.24, 2.45) is 0 Å². The third-order valence-electron chi connectivity index (χ3n) is 4.09. The molecular weight excluding hydrogens is 466 g/mol. The Kier molecular flexibility index (Phi) is 8.92. The smallest absolute Gasteiger partial charge is 0.288 e. The standard InChI is InChI=1S/C18H16Cl4N2O5/c19-13-9-15(21)17(23(25)26)7-11(13)3-1-5-29-6-2-4-12-8-18(24(27)28)16(22)10-14(12)20/h7-10H,1-6H2. The van der Waals surface area contributed by atoms with E-state index in [1.807, 2.05) is 0 Å². The van der Waals surface area contributed by atoms with Crippen LogP contribution in [-0.2, 0) is 17.6 Å². The fraction of sp³-hybridized carbons (Fsp3) is 0.333. The van der Waals surface area contributed by atoms with Crippen molar-refractivity contribution in [1.29, 1.82) is 0 Å². The van der Waals surface area contributed by atoms with E-state index in [1.54, 1.807) is 0 Å². The quantitative estimate of drug-likeness (QED) is 0.213. The summed E-state index contributed by atoms with van der Waals surface area (Å²) in [5.41, 5.74) is 0.903. The average molecular weight is 482 g/mol. The Morgan fingerprint density at radius 3 is 1.41 bits per heavy atom. The summed E-state index contributed by atoms with van der Waals surface area (Å²) >= 11 is 23.8. The molecule has 0 amide bonds. The molecule has 0 unspecified atom stereocenters. The number of ether oxygens (including phenoxy) is 1. The minimum absolute atomic E-state index is 0.00102. The zero-order valence-electron chi connectivity index (χ0n) is 15.0. The number of nitrogens with zero attached hydrogens (tertiary/aromatic N) is 2. The number of hydrogen-bond donors (Lipinski definition) is 0. The molecule has 0 atom stereocenters. The second-order valence-corrected chi connectivity index (χ2v) is 7.75. The number of benzene rings is 2. The summed E-state index contributed by atoms with van der Waals surface area (Å²) in [4.78, 5) is 20.8. The van der Waals surface area contributed by atoms with Gasteiger partial charge in [0.2, 0.25) is 0 Å². The molecule has 2 rings (SSSR count). The summed E-state index contributed by atoms with van der Waals surface area (Å²) in [6, 6.07) is 5.49. The summed E-state index contributed by atoms with van der Waals surface area (Å²) in [5.74, 6) is 0. The molecule has 156 valence electrons. The maximum atomic E-state index is 11.0. The molecule has 0 aromatic heterocycles. The number of rotatable bonds is 10. The molecule has 7 nitrogen and oxygen atoms in total. The molecule has 0 heterocycles. The highest BCUT2D eigenvalue weighted by atomic mass is 35.5. The fourth-order valence-electron chi connectivity index (χ4n) is 2.66. The lowest BCUT2D eigenvalue weighted by atomic mass is 10.1. The summed E-state index contributed by atoms with van der Waals surface area (Å²) in [7, 11) is 0. The van der Waals surface area contributed by atoms with Gasteiger partial charge in [0.1, 0.15) is 10.0 Å². The highest BCUT2D eigenvalue weighted by Crippen LogP contribution is 2.32. The minimum atomic E-state index is -0.551. The predicted octanol–water partition coefficient (Wildman–Crippen LogP) is 6.70. The summed E-state index contributed by atoms with van der Waals surface area (Å²) in [6.07, 6.45) is 2.25. The normalized spacial score (nSPS) is 10.9. The van der Waals surface area contributed by atoms with E-state index in [1.165, 1.54) is 24.3 Å². The zero-order valence-corrected chi connectivity index (χ0v) is 18.0. The Hall–Kier alpha value is -1.64. The molecule has 0 radical (unpaired) electrons. The van der Waals surface area contributed by atoms with Gasteiger partial charge in [0.05, 0.1) is 9.85 Å². The molecule has 29 heavy (non-hydrogen) atoms. The molecule has 0 N–H and O–H groups in total. The van der Waals surface area contributed by atoms with Crippen LogP contribution in [0.2, 0.25) is 20.1 Å². The third-order valence-corrected chi connectivity index (χ3v) is 5.40. The molecule has 0 saturated carbocycles. The van der Waals surface area contributed by atoms with Crippen molar-refractivity contribution < 1.29 is 14.6 Å². The van der Waals surface area contributed by atoms with E-state index < -0.39 is 9.85 Å². The topological polar surface area (TPSA) is 95.5 Å². The Labute approximate surface area is 186 Å². The van der Waals surface area contributed by atoms with Gasteiger partial charge in [0, 0.05) is 35.4 Å². The van der Waals surface area contributed by atoms with Crippen LogP contribution in [-0.4, -0.2) is 23.1 Å². The van der Waals surface area contributed by atoms with Crippen LogP contribution in [0.5, 0.6) is 0 Å². The van der Waals surface area contributed by atoms with Crippen molar-refractivity contribution in [3.8, 4) is 0 Å². The molecule has 0 aliphatic rings. The van der Waals surface area contributed by atoms with E-state index in [0.29, 0.717) is 60.1 Å². The minimum Gasteiger partial charge on any atom is -0.381 e. The second-order valence-electron chi connectivity index (χ2n) is 6.12. The first-order valence-corrected chi connectivity index (χ1v) is 10.0. The monoisotopic (exact) mass is 480 g/mol. The molecule has 0 aliphatic heterocycles. The molecule has 0 spiro atoms. The van der Waals surface area contributed by atoms with E-state index in [0.717, 1.165) is 0 Å². The number of nitro benzene ring substituents is 2. The number of halogens is 4. The SMILES string of the molecule is O=[N+]([O-])c1cc(CCCOCCCc2cc([N+](=O)[O-])c(Cl)cc2Cl)c(Cl)cc1Cl. The van der Waals surface area contributed by atoms with Gasteiger partial charge in [-0.1, -0.05) is 46.4 Å². The van der Waals surface area contributed by atoms with E-state index in [9.17, 15) is 20.2 Å². The Morgan fingerprint density at radius 1 is 0.690 bits per heavy atom. The summed E-state index contributed by atoms with van der Waals surface area (Å²) < 4.78 is 5.55. The van der Waals surface area contributed by atoms with Crippen LogP contribution in [0.3, 0.4) is 0 Å². The Bertz CT molecular complexity index is 850. The first-order chi connectivity index (χ1) is 13.7. The van der Waals surface area contributed by atoms with Crippen LogP contribution >= 0.6 is 46.4 Å². The number of aryl methyl sites for hydroxylation is 2. The van der Waals surface area contributed by atoms with E-state index in [-0.39, 0.29) is 21.4 Å². The zero-order chi connectivity index (χ0) is 21.6. The van der Waals surface area contributed by atoms with Crippen molar-refractivity contribution in [2.75, 3.05) is 13.2 Å². The fourth-order valence-corrected chi connectivity index (χ4v) is 3.75. The van der Waals surface area contributed by atoms with E-state index in [2.05, 4.69) is 0 Å². The first-order valence-electron chi connectivity index (χ1n) is 8.53. The maximum absolute atomic E-state index is 11.0. The Balaban J connectivity index is 1.77. The number of hydrogen-bond acceptors (Lipinski definition) is 5. The first kappa shape index (κ1) is 23.6. The van der Waals surface area contributed by atoms with Crippen LogP contribution in [0.15, 0.2) is 24.3 Å². The van der Waals surface area contributed by atoms with Gasteiger partial charge in [-0.15, -0.1) is 0 Å². The molecule has 0 fully saturated rings. The van der Waals surface area contributed by atoms with Crippen molar-refractivity contribution >= 4 is 57.8 Å². The average Bonchev–Trinajstić information content (AvgIpc) is 2.63. The van der Waals surface area contributed by atoms with Gasteiger partial charge in [0.25, 0.3) is 11.4 Å². The van der Waals surface area contributed by atoms with Gasteiger partial charge < -0.3 is 4.74 Å². The van der Waals surface area contributed by atoms with E-state index >= 15 is 0 Å². The van der Waals surface area contributed by atoms with Crippen LogP contribution in [0.25, 0.3) is 0 Å². The van der Waals surface area contributed by atoms with Crippen molar-refractivity contribution in [1.82, 2.24) is 0 Å². The maximum Gasteiger partial charge on any atom is 0.288 e. The van der Waals surface area contributed by atoms with Gasteiger partial charge in [-0.2, -0.15) is 0 Å². The van der Waals surface area contributed by atoms with Crippen molar-refractivity contribution in [3.63, 3.8) is 0 Å². The van der Waals surface area contributed by atoms with Crippen molar-refractivity contribution in [3.05, 3.63) is 75.7 Å². The van der Waals surface area contributed by atoms with Gasteiger partial charge >= 0.3 is 0 Å². The van der Waals surface area contributed by atoms with Crippen LogP contribution in [0.1, 0.15) is 24.0 Å². The Morgan fingerprint density at radius 2 is 1.07 bits per heavy atom. The van der Waals surface area contributed by atoms with Gasteiger partial charge in [-0.25, -0.2) is 0 Å². The molecular formula is C18H16Cl4N2O5. The molecule has 0 bridgehead atoms.